The summed E-state index contributed by atoms with van der Waals surface area (Å²) in [6.07, 6.45) is 0. The van der Waals surface area contributed by atoms with E-state index in [-0.39, 0.29) is 0 Å². The summed E-state index contributed by atoms with van der Waals surface area (Å²) in [4.78, 5) is 3.62. The van der Waals surface area contributed by atoms with E-state index in [1.54, 1.807) is 0 Å². The van der Waals surface area contributed by atoms with Crippen molar-refractivity contribution in [2.75, 3.05) is 4.55 Å². The SMILES string of the molecule is C=NCI(N)I(N)ON. The molecule has 7 heteroatoms. The Labute approximate surface area is 65.4 Å². The van der Waals surface area contributed by atoms with Gasteiger partial charge < -0.3 is 0 Å². The van der Waals surface area contributed by atoms with Crippen LogP contribution in [0.3, 0.4) is 0 Å². The quantitative estimate of drug-likeness (QED) is 0.166. The Morgan fingerprint density at radius 1 is 1.56 bits per heavy atom. The monoisotopic (exact) mass is 360 g/mol. The molecule has 0 spiro atoms. The van der Waals surface area contributed by atoms with E-state index in [9.17, 15) is 0 Å². The van der Waals surface area contributed by atoms with Crippen LogP contribution in [0.15, 0.2) is 4.99 Å². The molecule has 0 amide bonds. The van der Waals surface area contributed by atoms with Crippen molar-refractivity contribution in [1.82, 2.24) is 0 Å². The van der Waals surface area contributed by atoms with E-state index >= 15 is 0 Å². The summed E-state index contributed by atoms with van der Waals surface area (Å²) in [7, 11) is 0. The summed E-state index contributed by atoms with van der Waals surface area (Å²) < 4.78 is 16.1. The molecule has 0 aromatic rings. The maximum atomic E-state index is 5.60. The summed E-state index contributed by atoms with van der Waals surface area (Å²) in [5.74, 6) is 4.84. The number of hydrogen-bond acceptors (Lipinski definition) is 5. The topological polar surface area (TPSA) is 99.6 Å². The molecule has 5 nitrogen and oxygen atoms in total. The van der Waals surface area contributed by atoms with Gasteiger partial charge in [0.2, 0.25) is 0 Å². The van der Waals surface area contributed by atoms with Crippen molar-refractivity contribution in [3.63, 3.8) is 0 Å². The van der Waals surface area contributed by atoms with Gasteiger partial charge in [0, 0.05) is 0 Å². The molecule has 58 valence electrons. The standard InChI is InChI=1S/C2H10I2N4O/c1-8-2-3(5)4(6)9-7/h1-2,5-7H2. The van der Waals surface area contributed by atoms with Gasteiger partial charge in [-0.2, -0.15) is 0 Å². The zero-order valence-corrected chi connectivity index (χ0v) is 9.07. The zero-order valence-electron chi connectivity index (χ0n) is 4.76. The van der Waals surface area contributed by atoms with Crippen LogP contribution >= 0.6 is 32.7 Å². The average molecular weight is 360 g/mol. The molecule has 0 atom stereocenters. The molecule has 0 unspecified atom stereocenters. The fourth-order valence-corrected chi connectivity index (χ4v) is 5.71. The van der Waals surface area contributed by atoms with Crippen molar-refractivity contribution in [3.8, 4) is 0 Å². The molecule has 0 saturated heterocycles. The molecule has 0 bridgehead atoms. The van der Waals surface area contributed by atoms with Crippen molar-refractivity contribution in [3.05, 3.63) is 0 Å². The van der Waals surface area contributed by atoms with E-state index in [0.717, 1.165) is 0 Å². The summed E-state index contributed by atoms with van der Waals surface area (Å²) in [5, 5.41) is 0. The Balaban J connectivity index is 3.44. The Morgan fingerprint density at radius 2 is 2.11 bits per heavy atom. The van der Waals surface area contributed by atoms with E-state index < -0.39 is 32.7 Å². The van der Waals surface area contributed by atoms with E-state index in [1.165, 1.54) is 0 Å². The van der Waals surface area contributed by atoms with Crippen LogP contribution in [0, 0.1) is 0 Å². The Morgan fingerprint density at radius 3 is 2.44 bits per heavy atom. The molecule has 0 aromatic carbocycles. The van der Waals surface area contributed by atoms with Crippen LogP contribution in [0.4, 0.5) is 0 Å². The number of halogens is 2. The first kappa shape index (κ1) is 9.97. The normalized spacial score (nSPS) is 12.8. The van der Waals surface area contributed by atoms with Gasteiger partial charge in [-0.1, -0.05) is 0 Å². The van der Waals surface area contributed by atoms with Gasteiger partial charge in [-0.15, -0.1) is 0 Å². The number of alkyl halides is 1. The van der Waals surface area contributed by atoms with Crippen molar-refractivity contribution in [2.45, 2.75) is 0 Å². The molecule has 0 aliphatic carbocycles. The number of hydrogen-bond donors (Lipinski definition) is 3. The third kappa shape index (κ3) is 4.38. The van der Waals surface area contributed by atoms with Gasteiger partial charge in [-0.25, -0.2) is 0 Å². The van der Waals surface area contributed by atoms with Gasteiger partial charge in [0.1, 0.15) is 0 Å². The molecule has 0 fully saturated rings. The van der Waals surface area contributed by atoms with Gasteiger partial charge >= 0.3 is 65.9 Å². The van der Waals surface area contributed by atoms with Crippen LogP contribution < -0.4 is 13.8 Å². The van der Waals surface area contributed by atoms with Crippen LogP contribution in [0.2, 0.25) is 0 Å². The minimum atomic E-state index is -1.87. The van der Waals surface area contributed by atoms with E-state index in [1.807, 2.05) is 0 Å². The molecule has 0 aliphatic heterocycles. The third-order valence-corrected chi connectivity index (χ3v) is 13.1. The van der Waals surface area contributed by atoms with Gasteiger partial charge in [-0.3, -0.25) is 0 Å². The fourth-order valence-electron chi connectivity index (χ4n) is 0.169. The number of nitrogens with two attached hydrogens (primary N) is 3. The third-order valence-electron chi connectivity index (χ3n) is 0.465. The Hall–Kier alpha value is 0.970. The molecular formula is C2H10I2N4O. The second-order valence-corrected chi connectivity index (χ2v) is 17.8. The first-order valence-corrected chi connectivity index (χ1v) is 13.1. The van der Waals surface area contributed by atoms with Crippen molar-refractivity contribution in [2.24, 2.45) is 18.8 Å². The van der Waals surface area contributed by atoms with Crippen LogP contribution in [0.5, 0.6) is 0 Å². The van der Waals surface area contributed by atoms with Gasteiger partial charge in [0.15, 0.2) is 0 Å². The number of nitrogens with zero attached hydrogens (tertiary/aromatic N) is 1. The molecular weight excluding hydrogens is 350 g/mol. The molecule has 0 saturated carbocycles. The van der Waals surface area contributed by atoms with Gasteiger partial charge in [0.05, 0.1) is 0 Å². The van der Waals surface area contributed by atoms with Crippen LogP contribution in [-0.2, 0) is 3.17 Å². The van der Waals surface area contributed by atoms with Crippen molar-refractivity contribution in [1.29, 1.82) is 0 Å². The summed E-state index contributed by atoms with van der Waals surface area (Å²) in [6.45, 7) is 3.30. The average Bonchev–Trinajstić information content (AvgIpc) is 1.87. The Bertz CT molecular complexity index is 90.6. The van der Waals surface area contributed by atoms with Crippen LogP contribution in [0.25, 0.3) is 0 Å². The van der Waals surface area contributed by atoms with E-state index in [0.29, 0.717) is 4.55 Å². The predicted molar refractivity (Wildman–Crippen MR) is 56.1 cm³/mol. The van der Waals surface area contributed by atoms with Crippen molar-refractivity contribution >= 4 is 39.4 Å². The molecule has 0 rings (SSSR count). The van der Waals surface area contributed by atoms with E-state index in [2.05, 4.69) is 14.9 Å². The minimum absolute atomic E-state index is 0.586. The number of aliphatic imine (C=N–C) groups is 1. The first-order chi connectivity index (χ1) is 4.22. The molecule has 0 aromatic heterocycles. The molecule has 9 heavy (non-hydrogen) atoms. The fraction of sp³-hybridized carbons (Fsp3) is 0.500. The van der Waals surface area contributed by atoms with Gasteiger partial charge in [0.25, 0.3) is 0 Å². The van der Waals surface area contributed by atoms with E-state index in [4.69, 9.17) is 13.8 Å². The summed E-state index contributed by atoms with van der Waals surface area (Å²) in [5.41, 5.74) is 0. The Kier molecular flexibility index (Phi) is 6.35. The summed E-state index contributed by atoms with van der Waals surface area (Å²) in [6, 6.07) is 0. The molecule has 0 heterocycles. The molecule has 0 radical (unpaired) electrons. The van der Waals surface area contributed by atoms with Gasteiger partial charge in [-0.05, 0) is 0 Å². The molecule has 0 aliphatic rings. The number of rotatable bonds is 4. The maximum absolute atomic E-state index is 5.60. The second kappa shape index (κ2) is 5.73. The predicted octanol–water partition coefficient (Wildman–Crippen LogP) is 0.125. The van der Waals surface area contributed by atoms with Crippen molar-refractivity contribution < 1.29 is 3.17 Å². The second-order valence-electron chi connectivity index (χ2n) is 1.000. The summed E-state index contributed by atoms with van der Waals surface area (Å²) >= 11 is -3.47. The molecule has 6 N–H and O–H groups in total. The van der Waals surface area contributed by atoms with Crippen LogP contribution in [0.1, 0.15) is 0 Å². The zero-order chi connectivity index (χ0) is 7.28. The van der Waals surface area contributed by atoms with Crippen LogP contribution in [-0.4, -0.2) is 11.3 Å². The first-order valence-electron chi connectivity index (χ1n) is 1.87.